The van der Waals surface area contributed by atoms with Gasteiger partial charge in [-0.2, -0.15) is 5.26 Å². The van der Waals surface area contributed by atoms with Crippen molar-refractivity contribution in [3.63, 3.8) is 0 Å². The van der Waals surface area contributed by atoms with Crippen molar-refractivity contribution in [2.45, 2.75) is 25.6 Å². The molecule has 0 N–H and O–H groups in total. The number of hydrogen-bond donors (Lipinski definition) is 0. The van der Waals surface area contributed by atoms with Crippen LogP contribution in [-0.2, 0) is 6.54 Å². The van der Waals surface area contributed by atoms with Crippen molar-refractivity contribution in [3.8, 4) is 28.5 Å². The van der Waals surface area contributed by atoms with E-state index in [9.17, 15) is 9.65 Å². The molecule has 3 nitrogen and oxygen atoms in total. The second-order valence-electron chi connectivity index (χ2n) is 7.25. The molecular weight excluding hydrogens is 349 g/mol. The van der Waals surface area contributed by atoms with Gasteiger partial charge in [0.05, 0.1) is 11.3 Å². The number of alkyl halides is 1. The Morgan fingerprint density at radius 3 is 2.39 bits per heavy atom. The Morgan fingerprint density at radius 1 is 1.00 bits per heavy atom. The van der Waals surface area contributed by atoms with Crippen molar-refractivity contribution in [3.05, 3.63) is 78.0 Å². The molecule has 2 aromatic carbocycles. The molecule has 0 radical (unpaired) electrons. The summed E-state index contributed by atoms with van der Waals surface area (Å²) in [6.45, 7) is 2.48. The van der Waals surface area contributed by atoms with Crippen LogP contribution in [0.2, 0.25) is 0 Å². The minimum Gasteiger partial charge on any atom is -0.299 e. The summed E-state index contributed by atoms with van der Waals surface area (Å²) in [5.41, 5.74) is 5.66. The minimum atomic E-state index is -0.641. The van der Waals surface area contributed by atoms with Gasteiger partial charge >= 0.3 is 0 Å². The van der Waals surface area contributed by atoms with Gasteiger partial charge in [0.25, 0.3) is 0 Å². The van der Waals surface area contributed by atoms with Crippen LogP contribution in [0.15, 0.2) is 66.9 Å². The second-order valence-corrected chi connectivity index (χ2v) is 7.25. The highest BCUT2D eigenvalue weighted by atomic mass is 19.1. The van der Waals surface area contributed by atoms with Crippen molar-refractivity contribution in [2.24, 2.45) is 0 Å². The van der Waals surface area contributed by atoms with E-state index in [0.29, 0.717) is 18.4 Å². The lowest BCUT2D eigenvalue weighted by atomic mass is 9.97. The third-order valence-corrected chi connectivity index (χ3v) is 5.25. The van der Waals surface area contributed by atoms with Gasteiger partial charge in [-0.1, -0.05) is 54.6 Å². The van der Waals surface area contributed by atoms with Crippen LogP contribution in [0.5, 0.6) is 0 Å². The van der Waals surface area contributed by atoms with Gasteiger partial charge in [-0.15, -0.1) is 0 Å². The Bertz CT molecular complexity index is 969. The Labute approximate surface area is 165 Å². The van der Waals surface area contributed by atoms with Crippen LogP contribution in [0.4, 0.5) is 4.39 Å². The zero-order valence-electron chi connectivity index (χ0n) is 15.7. The van der Waals surface area contributed by atoms with Crippen LogP contribution in [-0.4, -0.2) is 29.1 Å². The van der Waals surface area contributed by atoms with Crippen molar-refractivity contribution in [2.75, 3.05) is 13.1 Å². The Balaban J connectivity index is 1.60. The maximum absolute atomic E-state index is 13.3. The molecule has 0 saturated carbocycles. The molecule has 0 amide bonds. The smallest absolute Gasteiger partial charge is 0.103 e. The summed E-state index contributed by atoms with van der Waals surface area (Å²) in [7, 11) is 0. The van der Waals surface area contributed by atoms with Crippen LogP contribution in [0.25, 0.3) is 22.4 Å². The summed E-state index contributed by atoms with van der Waals surface area (Å²) in [4.78, 5) is 6.88. The molecule has 140 valence electrons. The molecule has 0 atom stereocenters. The number of piperidine rings is 1. The van der Waals surface area contributed by atoms with Gasteiger partial charge in [-0.3, -0.25) is 9.88 Å². The normalized spacial score (nSPS) is 15.3. The van der Waals surface area contributed by atoms with Crippen LogP contribution >= 0.6 is 0 Å². The predicted octanol–water partition coefficient (Wildman–Crippen LogP) is 5.22. The van der Waals surface area contributed by atoms with E-state index in [4.69, 9.17) is 0 Å². The zero-order valence-corrected chi connectivity index (χ0v) is 15.7. The van der Waals surface area contributed by atoms with Crippen molar-refractivity contribution >= 4 is 0 Å². The standard InChI is InChI=1S/C24H22FN3/c25-22-10-12-28(13-11-22)17-18-6-8-21(9-7-18)24-23(14-19(15-26)16-27-24)20-4-2-1-3-5-20/h1-9,14,16,22H,10-13,17H2. The average molecular weight is 371 g/mol. The van der Waals surface area contributed by atoms with E-state index in [2.05, 4.69) is 40.2 Å². The maximum Gasteiger partial charge on any atom is 0.103 e. The van der Waals surface area contributed by atoms with Crippen molar-refractivity contribution in [1.82, 2.24) is 9.88 Å². The van der Waals surface area contributed by atoms with Gasteiger partial charge in [0.2, 0.25) is 0 Å². The Kier molecular flexibility index (Phi) is 5.45. The van der Waals surface area contributed by atoms with Gasteiger partial charge in [0.1, 0.15) is 12.2 Å². The average Bonchev–Trinajstić information content (AvgIpc) is 2.76. The van der Waals surface area contributed by atoms with E-state index in [-0.39, 0.29) is 0 Å². The largest absolute Gasteiger partial charge is 0.299 e. The summed E-state index contributed by atoms with van der Waals surface area (Å²) in [6, 6.07) is 22.5. The SMILES string of the molecule is N#Cc1cnc(-c2ccc(CN3CCC(F)CC3)cc2)c(-c2ccccc2)c1. The monoisotopic (exact) mass is 371 g/mol. The van der Waals surface area contributed by atoms with Crippen LogP contribution < -0.4 is 0 Å². The van der Waals surface area contributed by atoms with Crippen LogP contribution in [0, 0.1) is 11.3 Å². The number of pyridine rings is 1. The van der Waals surface area contributed by atoms with Crippen molar-refractivity contribution < 1.29 is 4.39 Å². The lowest BCUT2D eigenvalue weighted by molar-refractivity contribution is 0.145. The van der Waals surface area contributed by atoms with E-state index in [1.54, 1.807) is 6.20 Å². The van der Waals surface area contributed by atoms with Gasteiger partial charge in [0, 0.05) is 37.0 Å². The number of nitriles is 1. The van der Waals surface area contributed by atoms with E-state index in [0.717, 1.165) is 42.0 Å². The van der Waals surface area contributed by atoms with Crippen LogP contribution in [0.1, 0.15) is 24.0 Å². The van der Waals surface area contributed by atoms with E-state index in [1.807, 2.05) is 36.4 Å². The molecular formula is C24H22FN3. The Hall–Kier alpha value is -3.03. The summed E-state index contributed by atoms with van der Waals surface area (Å²) < 4.78 is 13.3. The molecule has 28 heavy (non-hydrogen) atoms. The number of aromatic nitrogens is 1. The fourth-order valence-electron chi connectivity index (χ4n) is 3.68. The zero-order chi connectivity index (χ0) is 19.3. The first-order valence-corrected chi connectivity index (χ1v) is 9.64. The number of rotatable bonds is 4. The fourth-order valence-corrected chi connectivity index (χ4v) is 3.68. The number of hydrogen-bond acceptors (Lipinski definition) is 3. The second kappa shape index (κ2) is 8.33. The van der Waals surface area contributed by atoms with Gasteiger partial charge in [-0.05, 0) is 30.0 Å². The lowest BCUT2D eigenvalue weighted by Crippen LogP contribution is -2.33. The molecule has 1 saturated heterocycles. The van der Waals surface area contributed by atoms with Crippen LogP contribution in [0.3, 0.4) is 0 Å². The molecule has 1 aromatic heterocycles. The third-order valence-electron chi connectivity index (χ3n) is 5.25. The molecule has 3 aromatic rings. The predicted molar refractivity (Wildman–Crippen MR) is 109 cm³/mol. The summed E-state index contributed by atoms with van der Waals surface area (Å²) >= 11 is 0. The maximum atomic E-state index is 13.3. The first-order chi connectivity index (χ1) is 13.7. The molecule has 2 heterocycles. The first-order valence-electron chi connectivity index (χ1n) is 9.64. The van der Waals surface area contributed by atoms with Gasteiger partial charge in [-0.25, -0.2) is 4.39 Å². The minimum absolute atomic E-state index is 0.551. The molecule has 1 aliphatic rings. The Morgan fingerprint density at radius 2 is 1.71 bits per heavy atom. The number of nitrogens with zero attached hydrogens (tertiary/aromatic N) is 3. The van der Waals surface area contributed by atoms with E-state index < -0.39 is 6.17 Å². The van der Waals surface area contributed by atoms with Gasteiger partial charge < -0.3 is 0 Å². The summed E-state index contributed by atoms with van der Waals surface area (Å²) in [6.07, 6.45) is 2.25. The molecule has 1 aliphatic heterocycles. The topological polar surface area (TPSA) is 39.9 Å². The first kappa shape index (κ1) is 18.3. The van der Waals surface area contributed by atoms with Crippen molar-refractivity contribution in [1.29, 1.82) is 5.26 Å². The summed E-state index contributed by atoms with van der Waals surface area (Å²) in [5.74, 6) is 0. The number of benzene rings is 2. The molecule has 0 aliphatic carbocycles. The summed E-state index contributed by atoms with van der Waals surface area (Å²) in [5, 5.41) is 9.26. The molecule has 0 unspecified atom stereocenters. The fraction of sp³-hybridized carbons (Fsp3) is 0.250. The molecule has 1 fully saturated rings. The third kappa shape index (κ3) is 4.11. The number of halogens is 1. The molecule has 0 spiro atoms. The molecule has 4 rings (SSSR count). The number of likely N-dealkylation sites (tertiary alicyclic amines) is 1. The molecule has 0 bridgehead atoms. The highest BCUT2D eigenvalue weighted by Crippen LogP contribution is 2.31. The van der Waals surface area contributed by atoms with E-state index >= 15 is 0 Å². The molecule has 4 heteroatoms. The van der Waals surface area contributed by atoms with E-state index in [1.165, 1.54) is 5.56 Å². The van der Waals surface area contributed by atoms with Gasteiger partial charge in [0.15, 0.2) is 0 Å². The quantitative estimate of drug-likeness (QED) is 0.631. The highest BCUT2D eigenvalue weighted by Gasteiger charge is 2.18. The highest BCUT2D eigenvalue weighted by molar-refractivity contribution is 5.81. The lowest BCUT2D eigenvalue weighted by Gasteiger charge is -2.28.